The molecule has 5 heteroatoms. The van der Waals surface area contributed by atoms with E-state index < -0.39 is 5.97 Å². The number of aliphatic carboxylic acids is 1. The van der Waals surface area contributed by atoms with Crippen LogP contribution in [0.2, 0.25) is 0 Å². The molecule has 0 bridgehead atoms. The molecule has 1 atom stereocenters. The molecule has 92 valence electrons. The summed E-state index contributed by atoms with van der Waals surface area (Å²) < 4.78 is 5.61. The maximum atomic E-state index is 10.8. The number of carboxylic acids is 1. The molecular formula is C12H15NO3S. The lowest BCUT2D eigenvalue weighted by atomic mass is 10.2. The van der Waals surface area contributed by atoms with Crippen molar-refractivity contribution in [1.82, 2.24) is 4.98 Å². The minimum atomic E-state index is -0.769. The Bertz CT molecular complexity index is 433. The number of thiazole rings is 1. The molecule has 1 saturated heterocycles. The molecule has 4 nitrogen and oxygen atoms in total. The molecule has 1 aliphatic carbocycles. The summed E-state index contributed by atoms with van der Waals surface area (Å²) in [4.78, 5) is 16.4. The van der Waals surface area contributed by atoms with E-state index in [-0.39, 0.29) is 12.5 Å². The number of hydrogen-bond acceptors (Lipinski definition) is 4. The predicted octanol–water partition coefficient (Wildman–Crippen LogP) is 2.50. The monoisotopic (exact) mass is 253 g/mol. The van der Waals surface area contributed by atoms with E-state index >= 15 is 0 Å². The molecule has 2 aliphatic rings. The van der Waals surface area contributed by atoms with Crippen molar-refractivity contribution in [2.75, 3.05) is 6.61 Å². The van der Waals surface area contributed by atoms with Crippen LogP contribution in [0.25, 0.3) is 0 Å². The molecule has 1 N–H and O–H groups in total. The van der Waals surface area contributed by atoms with Gasteiger partial charge in [-0.15, -0.1) is 11.3 Å². The number of ether oxygens (including phenoxy) is 1. The van der Waals surface area contributed by atoms with Gasteiger partial charge in [-0.3, -0.25) is 4.79 Å². The maximum Gasteiger partial charge on any atom is 0.308 e. The van der Waals surface area contributed by atoms with Crippen molar-refractivity contribution in [3.05, 3.63) is 15.6 Å². The minimum Gasteiger partial charge on any atom is -0.481 e. The van der Waals surface area contributed by atoms with E-state index in [1.54, 1.807) is 0 Å². The summed E-state index contributed by atoms with van der Waals surface area (Å²) in [5.74, 6) is -0.259. The average molecular weight is 253 g/mol. The van der Waals surface area contributed by atoms with Crippen LogP contribution in [-0.4, -0.2) is 22.7 Å². The number of aromatic nitrogens is 1. The smallest absolute Gasteiger partial charge is 0.308 e. The standard InChI is InChI=1S/C12H15NO3S/c14-10(15)6-9-11(7-3-4-7)13-12(17-9)8-2-1-5-16-8/h7-8H,1-6H2,(H,14,15). The maximum absolute atomic E-state index is 10.8. The van der Waals surface area contributed by atoms with Crippen molar-refractivity contribution in [1.29, 1.82) is 0 Å². The Labute approximate surface area is 104 Å². The first-order valence-electron chi connectivity index (χ1n) is 6.07. The Morgan fingerprint density at radius 3 is 2.88 bits per heavy atom. The highest BCUT2D eigenvalue weighted by Crippen LogP contribution is 2.44. The lowest BCUT2D eigenvalue weighted by molar-refractivity contribution is -0.136. The van der Waals surface area contributed by atoms with Crippen molar-refractivity contribution in [2.45, 2.75) is 44.1 Å². The summed E-state index contributed by atoms with van der Waals surface area (Å²) in [6.45, 7) is 0.803. The fourth-order valence-electron chi connectivity index (χ4n) is 2.23. The molecule has 1 aromatic rings. The van der Waals surface area contributed by atoms with Crippen LogP contribution in [0.15, 0.2) is 0 Å². The van der Waals surface area contributed by atoms with Crippen LogP contribution in [0.1, 0.15) is 53.3 Å². The number of hydrogen-bond donors (Lipinski definition) is 1. The summed E-state index contributed by atoms with van der Waals surface area (Å²) in [6.07, 6.45) is 4.63. The Morgan fingerprint density at radius 1 is 1.47 bits per heavy atom. The Morgan fingerprint density at radius 2 is 2.29 bits per heavy atom. The second-order valence-corrected chi connectivity index (χ2v) is 5.82. The molecule has 3 rings (SSSR count). The Kier molecular flexibility index (Phi) is 2.88. The van der Waals surface area contributed by atoms with Crippen LogP contribution >= 0.6 is 11.3 Å². The fraction of sp³-hybridized carbons (Fsp3) is 0.667. The van der Waals surface area contributed by atoms with Crippen molar-refractivity contribution in [2.24, 2.45) is 0 Å². The van der Waals surface area contributed by atoms with Gasteiger partial charge in [0.25, 0.3) is 0 Å². The second-order valence-electron chi connectivity index (χ2n) is 4.71. The molecule has 1 saturated carbocycles. The third kappa shape index (κ3) is 2.35. The highest BCUT2D eigenvalue weighted by atomic mass is 32.1. The van der Waals surface area contributed by atoms with Gasteiger partial charge < -0.3 is 9.84 Å². The topological polar surface area (TPSA) is 59.4 Å². The van der Waals surface area contributed by atoms with Gasteiger partial charge in [0.2, 0.25) is 0 Å². The van der Waals surface area contributed by atoms with Crippen LogP contribution in [0.3, 0.4) is 0 Å². The molecule has 0 amide bonds. The van der Waals surface area contributed by atoms with Gasteiger partial charge in [-0.25, -0.2) is 4.98 Å². The lowest BCUT2D eigenvalue weighted by Crippen LogP contribution is -2.00. The summed E-state index contributed by atoms with van der Waals surface area (Å²) >= 11 is 1.54. The molecule has 1 aliphatic heterocycles. The van der Waals surface area contributed by atoms with Crippen molar-refractivity contribution >= 4 is 17.3 Å². The molecule has 0 aromatic carbocycles. The van der Waals surface area contributed by atoms with Crippen LogP contribution < -0.4 is 0 Å². The van der Waals surface area contributed by atoms with E-state index in [0.717, 1.165) is 47.9 Å². The van der Waals surface area contributed by atoms with Gasteiger partial charge in [0.1, 0.15) is 11.1 Å². The van der Waals surface area contributed by atoms with E-state index in [2.05, 4.69) is 4.98 Å². The SMILES string of the molecule is O=C(O)Cc1sc(C2CCCO2)nc1C1CC1. The largest absolute Gasteiger partial charge is 0.481 e. The van der Waals surface area contributed by atoms with E-state index in [1.165, 1.54) is 11.3 Å². The first-order valence-corrected chi connectivity index (χ1v) is 6.88. The molecule has 17 heavy (non-hydrogen) atoms. The molecular weight excluding hydrogens is 238 g/mol. The zero-order valence-electron chi connectivity index (χ0n) is 9.52. The normalized spacial score (nSPS) is 24.1. The van der Waals surface area contributed by atoms with Gasteiger partial charge in [0.05, 0.1) is 12.1 Å². The van der Waals surface area contributed by atoms with E-state index in [9.17, 15) is 4.79 Å². The van der Waals surface area contributed by atoms with Crippen molar-refractivity contribution in [3.63, 3.8) is 0 Å². The highest BCUT2D eigenvalue weighted by Gasteiger charge is 2.32. The average Bonchev–Trinajstić information content (AvgIpc) is 2.83. The molecule has 2 heterocycles. The Hall–Kier alpha value is -0.940. The van der Waals surface area contributed by atoms with Gasteiger partial charge in [-0.1, -0.05) is 0 Å². The van der Waals surface area contributed by atoms with Crippen LogP contribution in [0.5, 0.6) is 0 Å². The summed E-state index contributed by atoms with van der Waals surface area (Å²) in [5.41, 5.74) is 1.03. The fourth-order valence-corrected chi connectivity index (χ4v) is 3.46. The lowest BCUT2D eigenvalue weighted by Gasteiger charge is -2.03. The first-order chi connectivity index (χ1) is 8.24. The Balaban J connectivity index is 1.86. The van der Waals surface area contributed by atoms with Gasteiger partial charge in [0, 0.05) is 17.4 Å². The third-order valence-electron chi connectivity index (χ3n) is 3.23. The predicted molar refractivity (Wildman–Crippen MR) is 63.4 cm³/mol. The number of nitrogens with zero attached hydrogens (tertiary/aromatic N) is 1. The van der Waals surface area contributed by atoms with Gasteiger partial charge in [0.15, 0.2) is 0 Å². The van der Waals surface area contributed by atoms with E-state index in [4.69, 9.17) is 9.84 Å². The van der Waals surface area contributed by atoms with E-state index in [0.29, 0.717) is 5.92 Å². The molecule has 1 unspecified atom stereocenters. The van der Waals surface area contributed by atoms with E-state index in [1.807, 2.05) is 0 Å². The van der Waals surface area contributed by atoms with Crippen LogP contribution in [-0.2, 0) is 16.0 Å². The minimum absolute atomic E-state index is 0.107. The molecule has 2 fully saturated rings. The van der Waals surface area contributed by atoms with Gasteiger partial charge >= 0.3 is 5.97 Å². The van der Waals surface area contributed by atoms with Crippen molar-refractivity contribution < 1.29 is 14.6 Å². The van der Waals surface area contributed by atoms with Gasteiger partial charge in [-0.05, 0) is 25.7 Å². The zero-order valence-corrected chi connectivity index (χ0v) is 10.3. The van der Waals surface area contributed by atoms with Crippen molar-refractivity contribution in [3.8, 4) is 0 Å². The van der Waals surface area contributed by atoms with Crippen LogP contribution in [0.4, 0.5) is 0 Å². The first kappa shape index (κ1) is 11.2. The second kappa shape index (κ2) is 4.38. The molecule has 0 spiro atoms. The highest BCUT2D eigenvalue weighted by molar-refractivity contribution is 7.11. The number of carbonyl (C=O) groups is 1. The van der Waals surface area contributed by atoms with Gasteiger partial charge in [-0.2, -0.15) is 0 Å². The number of rotatable bonds is 4. The zero-order chi connectivity index (χ0) is 11.8. The summed E-state index contributed by atoms with van der Waals surface area (Å²) in [7, 11) is 0. The molecule has 0 radical (unpaired) electrons. The van der Waals surface area contributed by atoms with Crippen LogP contribution in [0, 0.1) is 0 Å². The molecule has 1 aromatic heterocycles. The summed E-state index contributed by atoms with van der Waals surface area (Å²) in [6, 6.07) is 0. The third-order valence-corrected chi connectivity index (χ3v) is 4.39. The number of carboxylic acid groups (broad SMARTS) is 1. The quantitative estimate of drug-likeness (QED) is 0.895. The summed E-state index contributed by atoms with van der Waals surface area (Å²) in [5, 5.41) is 9.90.